The van der Waals surface area contributed by atoms with Crippen molar-refractivity contribution in [2.75, 3.05) is 7.11 Å². The molecule has 0 heterocycles. The number of hydrogen-bond acceptors (Lipinski definition) is 5. The Kier molecular flexibility index (Phi) is 6.94. The van der Waals surface area contributed by atoms with Gasteiger partial charge in [-0.05, 0) is 18.6 Å². The molecule has 0 bridgehead atoms. The highest BCUT2D eigenvalue weighted by atomic mass is 16.6. The van der Waals surface area contributed by atoms with E-state index in [9.17, 15) is 14.4 Å². The van der Waals surface area contributed by atoms with Gasteiger partial charge in [-0.25, -0.2) is 9.59 Å². The number of carbonyl (C=O) groups excluding carboxylic acids is 3. The Morgan fingerprint density at radius 1 is 1.19 bits per heavy atom. The molecule has 6 heteroatoms. The highest BCUT2D eigenvalue weighted by Crippen LogP contribution is 2.09. The first-order chi connectivity index (χ1) is 10.1. The number of methoxy groups -OCH3 is 1. The number of hydrogen-bond donors (Lipinski definition) is 1. The van der Waals surface area contributed by atoms with Crippen LogP contribution in [0, 0.1) is 0 Å². The van der Waals surface area contributed by atoms with Crippen LogP contribution in [0.1, 0.15) is 26.2 Å². The van der Waals surface area contributed by atoms with Crippen LogP contribution in [0.15, 0.2) is 30.3 Å². The first-order valence-corrected chi connectivity index (χ1v) is 6.72. The molecule has 0 aliphatic carbocycles. The Balaban J connectivity index is 2.65. The number of ketones is 1. The summed E-state index contributed by atoms with van der Waals surface area (Å²) in [6.07, 6.45) is 0.777. The van der Waals surface area contributed by atoms with Crippen LogP contribution in [0.2, 0.25) is 0 Å². The average Bonchev–Trinajstić information content (AvgIpc) is 2.50. The molecule has 1 aromatic rings. The quantitative estimate of drug-likeness (QED) is 0.615. The highest BCUT2D eigenvalue weighted by molar-refractivity contribution is 6.05. The van der Waals surface area contributed by atoms with Crippen molar-refractivity contribution >= 4 is 17.8 Å². The van der Waals surface area contributed by atoms with E-state index in [1.165, 1.54) is 0 Å². The van der Waals surface area contributed by atoms with Crippen LogP contribution >= 0.6 is 0 Å². The van der Waals surface area contributed by atoms with Gasteiger partial charge in [0, 0.05) is 6.42 Å². The molecule has 1 amide bonds. The lowest BCUT2D eigenvalue weighted by atomic mass is 10.1. The van der Waals surface area contributed by atoms with Crippen LogP contribution in [0.5, 0.6) is 5.75 Å². The SMILES string of the molecule is CCCCC(=O)C(NC(=O)Oc1ccccc1)C(=O)OC. The van der Waals surface area contributed by atoms with Crippen molar-refractivity contribution in [3.63, 3.8) is 0 Å². The fourth-order valence-corrected chi connectivity index (χ4v) is 1.63. The molecular formula is C15H19NO5. The first kappa shape index (κ1) is 16.7. The topological polar surface area (TPSA) is 81.7 Å². The van der Waals surface area contributed by atoms with Gasteiger partial charge in [0.15, 0.2) is 11.8 Å². The predicted octanol–water partition coefficient (Wildman–Crippen LogP) is 2.08. The van der Waals surface area contributed by atoms with E-state index < -0.39 is 23.9 Å². The molecule has 1 N–H and O–H groups in total. The minimum Gasteiger partial charge on any atom is -0.467 e. The zero-order chi connectivity index (χ0) is 15.7. The Morgan fingerprint density at radius 2 is 1.86 bits per heavy atom. The molecule has 1 rings (SSSR count). The number of unbranched alkanes of at least 4 members (excludes halogenated alkanes) is 1. The van der Waals surface area contributed by atoms with Gasteiger partial charge in [-0.2, -0.15) is 0 Å². The molecular weight excluding hydrogens is 274 g/mol. The summed E-state index contributed by atoms with van der Waals surface area (Å²) in [6.45, 7) is 1.93. The molecule has 21 heavy (non-hydrogen) atoms. The van der Waals surface area contributed by atoms with Crippen molar-refractivity contribution < 1.29 is 23.9 Å². The Morgan fingerprint density at radius 3 is 2.43 bits per heavy atom. The van der Waals surface area contributed by atoms with E-state index >= 15 is 0 Å². The summed E-state index contributed by atoms with van der Waals surface area (Å²) >= 11 is 0. The molecule has 0 saturated heterocycles. The number of nitrogens with one attached hydrogen (secondary N) is 1. The smallest absolute Gasteiger partial charge is 0.413 e. The van der Waals surface area contributed by atoms with Gasteiger partial charge in [0.1, 0.15) is 5.75 Å². The van der Waals surface area contributed by atoms with E-state index in [0.717, 1.165) is 13.5 Å². The molecule has 0 fully saturated rings. The summed E-state index contributed by atoms with van der Waals surface area (Å²) in [6, 6.07) is 7.02. The summed E-state index contributed by atoms with van der Waals surface area (Å²) in [5, 5.41) is 2.24. The van der Waals surface area contributed by atoms with E-state index in [1.54, 1.807) is 30.3 Å². The second kappa shape index (κ2) is 8.73. The summed E-state index contributed by atoms with van der Waals surface area (Å²) in [4.78, 5) is 35.2. The molecule has 1 atom stereocenters. The second-order valence-corrected chi connectivity index (χ2v) is 4.37. The Bertz CT molecular complexity index is 486. The van der Waals surface area contributed by atoms with Crippen LogP contribution in [-0.2, 0) is 14.3 Å². The van der Waals surface area contributed by atoms with E-state index in [2.05, 4.69) is 10.1 Å². The van der Waals surface area contributed by atoms with Gasteiger partial charge >= 0.3 is 12.1 Å². The van der Waals surface area contributed by atoms with E-state index in [-0.39, 0.29) is 6.42 Å². The summed E-state index contributed by atoms with van der Waals surface area (Å²) in [5.74, 6) is -0.880. The zero-order valence-corrected chi connectivity index (χ0v) is 12.1. The number of rotatable bonds is 7. The van der Waals surface area contributed by atoms with E-state index in [4.69, 9.17) is 4.74 Å². The monoisotopic (exact) mass is 293 g/mol. The standard InChI is InChI=1S/C15H19NO5/c1-3-4-10-12(17)13(14(18)20-2)16-15(19)21-11-8-6-5-7-9-11/h5-9,13H,3-4,10H2,1-2H3,(H,16,19). The van der Waals surface area contributed by atoms with Gasteiger partial charge in [-0.3, -0.25) is 4.79 Å². The van der Waals surface area contributed by atoms with Crippen molar-refractivity contribution in [3.05, 3.63) is 30.3 Å². The maximum Gasteiger partial charge on any atom is 0.413 e. The van der Waals surface area contributed by atoms with E-state index in [0.29, 0.717) is 12.2 Å². The number of amides is 1. The van der Waals surface area contributed by atoms with Crippen molar-refractivity contribution in [2.45, 2.75) is 32.2 Å². The minimum absolute atomic E-state index is 0.196. The van der Waals surface area contributed by atoms with Crippen LogP contribution < -0.4 is 10.1 Å². The number of benzene rings is 1. The van der Waals surface area contributed by atoms with Crippen molar-refractivity contribution in [1.29, 1.82) is 0 Å². The van der Waals surface area contributed by atoms with Crippen LogP contribution in [0.3, 0.4) is 0 Å². The summed E-state index contributed by atoms with van der Waals surface area (Å²) in [7, 11) is 1.16. The fourth-order valence-electron chi connectivity index (χ4n) is 1.63. The predicted molar refractivity (Wildman–Crippen MR) is 75.9 cm³/mol. The molecule has 114 valence electrons. The molecule has 0 aromatic heterocycles. The highest BCUT2D eigenvalue weighted by Gasteiger charge is 2.29. The molecule has 0 radical (unpaired) electrons. The molecule has 1 aromatic carbocycles. The van der Waals surface area contributed by atoms with Gasteiger partial charge in [0.05, 0.1) is 7.11 Å². The minimum atomic E-state index is -1.34. The summed E-state index contributed by atoms with van der Waals surface area (Å²) < 4.78 is 9.52. The maximum absolute atomic E-state index is 11.9. The van der Waals surface area contributed by atoms with Gasteiger partial charge in [0.2, 0.25) is 0 Å². The number of carbonyl (C=O) groups is 3. The largest absolute Gasteiger partial charge is 0.467 e. The van der Waals surface area contributed by atoms with Crippen molar-refractivity contribution in [3.8, 4) is 5.75 Å². The molecule has 1 unspecified atom stereocenters. The number of ether oxygens (including phenoxy) is 2. The van der Waals surface area contributed by atoms with Gasteiger partial charge in [0.25, 0.3) is 0 Å². The molecule has 0 aliphatic rings. The van der Waals surface area contributed by atoms with Crippen LogP contribution in [0.25, 0.3) is 0 Å². The van der Waals surface area contributed by atoms with Gasteiger partial charge in [-0.15, -0.1) is 0 Å². The fraction of sp³-hybridized carbons (Fsp3) is 0.400. The van der Waals surface area contributed by atoms with E-state index in [1.807, 2.05) is 6.92 Å². The third-order valence-corrected chi connectivity index (χ3v) is 2.75. The van der Waals surface area contributed by atoms with Crippen LogP contribution in [0.4, 0.5) is 4.79 Å². The normalized spacial score (nSPS) is 11.3. The molecule has 0 saturated carbocycles. The first-order valence-electron chi connectivity index (χ1n) is 6.72. The Labute approximate surface area is 123 Å². The second-order valence-electron chi connectivity index (χ2n) is 4.37. The lowest BCUT2D eigenvalue weighted by molar-refractivity contribution is -0.146. The molecule has 6 nitrogen and oxygen atoms in total. The lowest BCUT2D eigenvalue weighted by Gasteiger charge is -2.15. The maximum atomic E-state index is 11.9. The van der Waals surface area contributed by atoms with Crippen molar-refractivity contribution in [1.82, 2.24) is 5.32 Å². The van der Waals surface area contributed by atoms with Gasteiger partial charge < -0.3 is 14.8 Å². The third kappa shape index (κ3) is 5.64. The molecule has 0 aliphatic heterocycles. The summed E-state index contributed by atoms with van der Waals surface area (Å²) in [5.41, 5.74) is 0. The third-order valence-electron chi connectivity index (χ3n) is 2.75. The number of esters is 1. The molecule has 0 spiro atoms. The number of para-hydroxylation sites is 1. The lowest BCUT2D eigenvalue weighted by Crippen LogP contribution is -2.48. The Hall–Kier alpha value is -2.37. The average molecular weight is 293 g/mol. The zero-order valence-electron chi connectivity index (χ0n) is 12.1. The van der Waals surface area contributed by atoms with Crippen molar-refractivity contribution in [2.24, 2.45) is 0 Å². The van der Waals surface area contributed by atoms with Gasteiger partial charge in [-0.1, -0.05) is 31.5 Å². The van der Waals surface area contributed by atoms with Crippen LogP contribution in [-0.4, -0.2) is 31.0 Å². The number of Topliss-reactive ketones (excluding diaryl/α,β-unsaturated/α-hetero) is 1.